The molecule has 0 aliphatic carbocycles. The molecule has 4 aromatic carbocycles. The van der Waals surface area contributed by atoms with Gasteiger partial charge in [0.2, 0.25) is 6.43 Å². The van der Waals surface area contributed by atoms with Gasteiger partial charge in [-0.25, -0.2) is 8.78 Å². The minimum Gasteiger partial charge on any atom is -0.512 e. The number of alkyl halides is 2. The van der Waals surface area contributed by atoms with Crippen molar-refractivity contribution in [3.05, 3.63) is 142 Å². The van der Waals surface area contributed by atoms with Crippen molar-refractivity contribution in [2.45, 2.75) is 121 Å². The van der Waals surface area contributed by atoms with Crippen molar-refractivity contribution in [3.63, 3.8) is 0 Å². The van der Waals surface area contributed by atoms with Crippen LogP contribution < -0.4 is 0 Å². The maximum absolute atomic E-state index is 12.2. The van der Waals surface area contributed by atoms with Crippen LogP contribution in [0.25, 0.3) is 44.1 Å². The summed E-state index contributed by atoms with van der Waals surface area (Å²) in [7, 11) is 0. The van der Waals surface area contributed by atoms with E-state index in [2.05, 4.69) is 74.1 Å². The summed E-state index contributed by atoms with van der Waals surface area (Å²) in [6.07, 6.45) is 2.06. The fourth-order valence-electron chi connectivity index (χ4n) is 7.65. The van der Waals surface area contributed by atoms with E-state index in [4.69, 9.17) is 5.48 Å². The number of hydrogen-bond donors (Lipinski definition) is 1. The Morgan fingerprint density at radius 1 is 0.694 bits per heavy atom. The average molecular weight is 1020 g/mol. The summed E-state index contributed by atoms with van der Waals surface area (Å²) in [5, 5.41) is 13.1. The number of nitrogens with zero attached hydrogens (tertiary/aromatic N) is 2. The van der Waals surface area contributed by atoms with Gasteiger partial charge in [0, 0.05) is 56.8 Å². The van der Waals surface area contributed by atoms with E-state index >= 15 is 0 Å². The van der Waals surface area contributed by atoms with Crippen molar-refractivity contribution in [1.29, 1.82) is 0 Å². The summed E-state index contributed by atoms with van der Waals surface area (Å²) < 4.78 is 57.2. The molecule has 7 heteroatoms. The van der Waals surface area contributed by atoms with Crippen molar-refractivity contribution >= 4 is 27.3 Å². The first-order valence-corrected chi connectivity index (χ1v) is 21.7. The van der Waals surface area contributed by atoms with Crippen molar-refractivity contribution < 1.29 is 44.3 Å². The molecular weight excluding hydrogens is 951 g/mol. The molecule has 0 aliphatic heterocycles. The number of aliphatic hydroxyl groups is 1. The van der Waals surface area contributed by atoms with Gasteiger partial charge in [-0.05, 0) is 100 Å². The van der Waals surface area contributed by atoms with Gasteiger partial charge in [-0.2, -0.15) is 0 Å². The Labute approximate surface area is 389 Å². The van der Waals surface area contributed by atoms with Crippen LogP contribution in [0.3, 0.4) is 0 Å². The zero-order valence-corrected chi connectivity index (χ0v) is 40.7. The number of benzene rings is 4. The Bertz CT molecular complexity index is 2430. The van der Waals surface area contributed by atoms with Crippen LogP contribution in [-0.2, 0) is 37.7 Å². The number of carbonyl (C=O) groups excluding carboxylic acids is 1. The van der Waals surface area contributed by atoms with Crippen LogP contribution in [0.4, 0.5) is 8.78 Å². The van der Waals surface area contributed by atoms with E-state index in [0.29, 0.717) is 31.1 Å². The number of fused-ring (bicyclic) bond motifs is 2. The summed E-state index contributed by atoms with van der Waals surface area (Å²) in [5.41, 5.74) is 10.1. The third kappa shape index (κ3) is 15.3. The predicted octanol–water partition coefficient (Wildman–Crippen LogP) is 15.1. The number of allylic oxidation sites excluding steroid dienone is 2. The van der Waals surface area contributed by atoms with Gasteiger partial charge in [-0.15, -0.1) is 69.8 Å². The van der Waals surface area contributed by atoms with Crippen molar-refractivity contribution in [2.75, 3.05) is 0 Å². The molecule has 6 aromatic rings. The Morgan fingerprint density at radius 2 is 1.11 bits per heavy atom. The molecule has 0 saturated heterocycles. The summed E-state index contributed by atoms with van der Waals surface area (Å²) in [4.78, 5) is 20.5. The molecular formula is C55H66F2IrN2O2-2. The zero-order valence-electron chi connectivity index (χ0n) is 42.3. The van der Waals surface area contributed by atoms with Gasteiger partial charge in [0.15, 0.2) is 5.78 Å². The number of carbonyl (C=O) groups is 1. The average Bonchev–Trinajstić information content (AvgIpc) is 3.22. The second kappa shape index (κ2) is 24.9. The molecule has 1 unspecified atom stereocenters. The number of hydrogen-bond acceptors (Lipinski definition) is 4. The quantitative estimate of drug-likeness (QED) is 0.0671. The Hall–Kier alpha value is -4.58. The number of aromatic nitrogens is 2. The van der Waals surface area contributed by atoms with Gasteiger partial charge >= 0.3 is 0 Å². The first-order valence-electron chi connectivity index (χ1n) is 23.7. The monoisotopic (exact) mass is 1020 g/mol. The van der Waals surface area contributed by atoms with E-state index < -0.39 is 18.8 Å². The van der Waals surface area contributed by atoms with E-state index in [1.165, 1.54) is 11.1 Å². The molecule has 1 atom stereocenters. The van der Waals surface area contributed by atoms with Gasteiger partial charge in [-0.1, -0.05) is 113 Å². The second-order valence-corrected chi connectivity index (χ2v) is 17.1. The van der Waals surface area contributed by atoms with Gasteiger partial charge in [0.05, 0.1) is 11.2 Å². The van der Waals surface area contributed by atoms with E-state index in [1.807, 2.05) is 77.9 Å². The summed E-state index contributed by atoms with van der Waals surface area (Å²) in [6.45, 7) is 22.4. The second-order valence-electron chi connectivity index (χ2n) is 17.1. The summed E-state index contributed by atoms with van der Waals surface area (Å²) >= 11 is 0. The van der Waals surface area contributed by atoms with Crippen LogP contribution in [-0.4, -0.2) is 27.3 Å². The van der Waals surface area contributed by atoms with Gasteiger partial charge in [0.25, 0.3) is 0 Å². The number of aryl methyl sites for hydroxylation is 4. The maximum Gasteiger partial charge on any atom is 0.239 e. The third-order valence-electron chi connectivity index (χ3n) is 10.5. The zero-order chi connectivity index (χ0) is 48.3. The molecule has 0 aliphatic rings. The smallest absolute Gasteiger partial charge is 0.239 e. The molecule has 1 radical (unpaired) electrons. The molecule has 62 heavy (non-hydrogen) atoms. The minimum atomic E-state index is -2.46. The molecule has 2 aromatic heterocycles. The Kier molecular flexibility index (Phi) is 18.3. The van der Waals surface area contributed by atoms with Crippen LogP contribution in [0.15, 0.2) is 96.9 Å². The normalized spacial score (nSPS) is 12.9. The first-order chi connectivity index (χ1) is 30.6. The molecule has 0 amide bonds. The molecule has 0 bridgehead atoms. The van der Waals surface area contributed by atoms with Crippen molar-refractivity contribution in [3.8, 4) is 22.5 Å². The number of pyridine rings is 2. The number of rotatable bonds is 14. The molecule has 2 heterocycles. The largest absolute Gasteiger partial charge is 0.512 e. The molecule has 0 fully saturated rings. The predicted molar refractivity (Wildman–Crippen MR) is 252 cm³/mol. The molecule has 0 spiro atoms. The van der Waals surface area contributed by atoms with E-state index in [0.717, 1.165) is 85.2 Å². The van der Waals surface area contributed by atoms with Crippen molar-refractivity contribution in [1.82, 2.24) is 9.97 Å². The number of halogens is 2. The third-order valence-corrected chi connectivity index (χ3v) is 10.5. The molecule has 333 valence electrons. The van der Waals surface area contributed by atoms with Crippen LogP contribution in [0.5, 0.6) is 0 Å². The molecule has 4 nitrogen and oxygen atoms in total. The van der Waals surface area contributed by atoms with E-state index in [1.54, 1.807) is 6.92 Å². The Balaban J connectivity index is 0.000000266. The van der Waals surface area contributed by atoms with Crippen LogP contribution in [0.1, 0.15) is 113 Å². The number of ketones is 1. The fraction of sp³-hybridized carbons (Fsp3) is 0.400. The minimum absolute atomic E-state index is 0. The van der Waals surface area contributed by atoms with Crippen molar-refractivity contribution in [2.24, 2.45) is 23.7 Å². The molecule has 1 N–H and O–H groups in total. The van der Waals surface area contributed by atoms with Crippen LogP contribution in [0, 0.1) is 63.5 Å². The van der Waals surface area contributed by atoms with E-state index in [9.17, 15) is 18.7 Å². The first kappa shape index (κ1) is 45.4. The van der Waals surface area contributed by atoms with Gasteiger partial charge in [-0.3, -0.25) is 4.79 Å². The maximum atomic E-state index is 12.2. The standard InChI is InChI=1S/2C21H22N.C13H22F2O2.Ir/c2*1-14(2)9-17-5-6-20-18(13-17)7-8-22-21(20)19-11-15(3)10-16(4)12-19;1-4-9(5-2)11(16)8-12(17)10(6-3)7-13(14)15;/h2*5-8,10-11,13-14H,9H2,1-4H3;8-10,13,17H,4-7H2,1-3H3;/q2*-1;;/b;;12-8-;/i2*7D,8D;;. The molecule has 6 rings (SSSR count). The summed E-state index contributed by atoms with van der Waals surface area (Å²) in [5.74, 6) is 0.00164. The number of aliphatic hydroxyl groups excluding tert-OH is 1. The van der Waals surface area contributed by atoms with Gasteiger partial charge in [0.1, 0.15) is 0 Å². The van der Waals surface area contributed by atoms with E-state index in [-0.39, 0.29) is 62.0 Å². The van der Waals surface area contributed by atoms with Gasteiger partial charge < -0.3 is 15.1 Å². The fourth-order valence-corrected chi connectivity index (χ4v) is 7.65. The topological polar surface area (TPSA) is 63.1 Å². The molecule has 0 saturated carbocycles. The SMILES string of the molecule is CCC(CC)C(=O)/C=C(\O)C(CC)CC(F)F.[2H]c1nc(-c2[c-]c(C)cc(C)c2)c2ccc(CC(C)C)cc2c1[2H].[2H]c1nc(-c2[c-]c(C)cc(C)c2)c2ccc(CC(C)C)cc2c1[2H].[Ir]. The van der Waals surface area contributed by atoms with Crippen LogP contribution >= 0.6 is 0 Å². The Morgan fingerprint density at radius 3 is 1.47 bits per heavy atom. The van der Waals surface area contributed by atoms with Crippen LogP contribution in [0.2, 0.25) is 0 Å². The summed E-state index contributed by atoms with van der Waals surface area (Å²) in [6, 6.07) is 27.7.